The third-order valence-corrected chi connectivity index (χ3v) is 4.58. The van der Waals surface area contributed by atoms with Crippen LogP contribution in [-0.4, -0.2) is 24.3 Å². The van der Waals surface area contributed by atoms with Gasteiger partial charge >= 0.3 is 0 Å². The maximum Gasteiger partial charge on any atom is 0.0697 e. The lowest BCUT2D eigenvalue weighted by Gasteiger charge is -2.47. The molecule has 3 rings (SSSR count). The molecule has 1 atom stereocenters. The van der Waals surface area contributed by atoms with E-state index in [4.69, 9.17) is 4.74 Å². The molecule has 86 valence electrons. The smallest absolute Gasteiger partial charge is 0.0697 e. The lowest BCUT2D eigenvalue weighted by Crippen LogP contribution is -2.52. The molecule has 3 fully saturated rings. The van der Waals surface area contributed by atoms with Gasteiger partial charge in [0, 0.05) is 18.7 Å². The van der Waals surface area contributed by atoms with Gasteiger partial charge in [0.1, 0.15) is 0 Å². The average molecular weight is 209 g/mol. The first-order valence-electron chi connectivity index (χ1n) is 6.76. The second-order valence-corrected chi connectivity index (χ2v) is 5.72. The van der Waals surface area contributed by atoms with Crippen molar-refractivity contribution in [2.24, 2.45) is 0 Å². The summed E-state index contributed by atoms with van der Waals surface area (Å²) in [5, 5.41) is 3.86. The number of hydrogen-bond donors (Lipinski definition) is 1. The maximum atomic E-state index is 5.96. The van der Waals surface area contributed by atoms with Crippen LogP contribution in [0.15, 0.2) is 0 Å². The molecule has 1 heterocycles. The highest BCUT2D eigenvalue weighted by Gasteiger charge is 2.42. The SMILES string of the molecule is C1CCC(NC2CCOC3(CCC3)C2)C1. The van der Waals surface area contributed by atoms with Crippen molar-refractivity contribution in [2.75, 3.05) is 6.61 Å². The van der Waals surface area contributed by atoms with E-state index in [1.165, 1.54) is 57.8 Å². The van der Waals surface area contributed by atoms with E-state index >= 15 is 0 Å². The first kappa shape index (κ1) is 10.1. The van der Waals surface area contributed by atoms with E-state index in [0.29, 0.717) is 5.60 Å². The molecule has 1 N–H and O–H groups in total. The zero-order valence-electron chi connectivity index (χ0n) is 9.63. The minimum atomic E-state index is 0.314. The van der Waals surface area contributed by atoms with E-state index in [9.17, 15) is 0 Å². The lowest BCUT2D eigenvalue weighted by molar-refractivity contribution is -0.136. The van der Waals surface area contributed by atoms with E-state index in [1.54, 1.807) is 0 Å². The van der Waals surface area contributed by atoms with Crippen molar-refractivity contribution in [2.45, 2.75) is 75.5 Å². The molecule has 1 unspecified atom stereocenters. The zero-order valence-corrected chi connectivity index (χ0v) is 9.63. The van der Waals surface area contributed by atoms with Gasteiger partial charge in [-0.15, -0.1) is 0 Å². The Morgan fingerprint density at radius 2 is 1.73 bits per heavy atom. The fourth-order valence-corrected chi connectivity index (χ4v) is 3.52. The predicted octanol–water partition coefficient (Wildman–Crippen LogP) is 2.62. The Morgan fingerprint density at radius 3 is 2.40 bits per heavy atom. The molecular formula is C13H23NO. The van der Waals surface area contributed by atoms with Gasteiger partial charge in [0.25, 0.3) is 0 Å². The molecule has 0 bridgehead atoms. The van der Waals surface area contributed by atoms with Crippen LogP contribution in [0.1, 0.15) is 57.8 Å². The van der Waals surface area contributed by atoms with Crippen LogP contribution in [0.25, 0.3) is 0 Å². The van der Waals surface area contributed by atoms with Gasteiger partial charge in [0.2, 0.25) is 0 Å². The van der Waals surface area contributed by atoms with Crippen LogP contribution in [0, 0.1) is 0 Å². The van der Waals surface area contributed by atoms with Gasteiger partial charge in [-0.1, -0.05) is 12.8 Å². The number of ether oxygens (including phenoxy) is 1. The van der Waals surface area contributed by atoms with Gasteiger partial charge < -0.3 is 10.1 Å². The summed E-state index contributed by atoms with van der Waals surface area (Å²) in [7, 11) is 0. The predicted molar refractivity (Wildman–Crippen MR) is 60.9 cm³/mol. The van der Waals surface area contributed by atoms with Crippen molar-refractivity contribution in [3.8, 4) is 0 Å². The van der Waals surface area contributed by atoms with Crippen molar-refractivity contribution >= 4 is 0 Å². The van der Waals surface area contributed by atoms with Crippen LogP contribution in [0.4, 0.5) is 0 Å². The molecular weight excluding hydrogens is 186 g/mol. The Balaban J connectivity index is 1.52. The normalized spacial score (nSPS) is 35.6. The monoisotopic (exact) mass is 209 g/mol. The second kappa shape index (κ2) is 4.06. The molecule has 0 aromatic carbocycles. The van der Waals surface area contributed by atoms with Crippen molar-refractivity contribution in [1.29, 1.82) is 0 Å². The lowest BCUT2D eigenvalue weighted by atomic mass is 9.74. The number of hydrogen-bond acceptors (Lipinski definition) is 2. The molecule has 2 aliphatic carbocycles. The summed E-state index contributed by atoms with van der Waals surface area (Å²) < 4.78 is 5.96. The van der Waals surface area contributed by atoms with Crippen LogP contribution >= 0.6 is 0 Å². The number of nitrogens with one attached hydrogen (secondary N) is 1. The van der Waals surface area contributed by atoms with Crippen LogP contribution in [-0.2, 0) is 4.74 Å². The minimum absolute atomic E-state index is 0.314. The Hall–Kier alpha value is -0.0800. The first-order chi connectivity index (χ1) is 7.36. The molecule has 1 spiro atoms. The fourth-order valence-electron chi connectivity index (χ4n) is 3.52. The minimum Gasteiger partial charge on any atom is -0.375 e. The topological polar surface area (TPSA) is 21.3 Å². The molecule has 2 saturated carbocycles. The first-order valence-corrected chi connectivity index (χ1v) is 6.76. The quantitative estimate of drug-likeness (QED) is 0.755. The second-order valence-electron chi connectivity index (χ2n) is 5.72. The molecule has 0 aromatic heterocycles. The van der Waals surface area contributed by atoms with Crippen LogP contribution < -0.4 is 5.32 Å². The highest BCUT2D eigenvalue weighted by Crippen LogP contribution is 2.42. The van der Waals surface area contributed by atoms with Crippen LogP contribution in [0.2, 0.25) is 0 Å². The Kier molecular flexibility index (Phi) is 2.73. The summed E-state index contributed by atoms with van der Waals surface area (Å²) in [6, 6.07) is 1.58. The average Bonchev–Trinajstić information content (AvgIpc) is 2.69. The Morgan fingerprint density at radius 1 is 0.933 bits per heavy atom. The highest BCUT2D eigenvalue weighted by molar-refractivity contribution is 4.96. The standard InChI is InChI=1S/C13H23NO/c1-2-5-11(4-1)14-12-6-9-15-13(10-12)7-3-8-13/h11-12,14H,1-10H2. The summed E-state index contributed by atoms with van der Waals surface area (Å²) in [6.45, 7) is 0.990. The molecule has 15 heavy (non-hydrogen) atoms. The van der Waals surface area contributed by atoms with Gasteiger partial charge in [-0.25, -0.2) is 0 Å². The van der Waals surface area contributed by atoms with Gasteiger partial charge in [0.05, 0.1) is 5.60 Å². The van der Waals surface area contributed by atoms with Gasteiger partial charge in [-0.05, 0) is 44.9 Å². The van der Waals surface area contributed by atoms with E-state index in [-0.39, 0.29) is 0 Å². The van der Waals surface area contributed by atoms with Crippen LogP contribution in [0.3, 0.4) is 0 Å². The Bertz CT molecular complexity index is 219. The van der Waals surface area contributed by atoms with Crippen molar-refractivity contribution in [1.82, 2.24) is 5.32 Å². The summed E-state index contributed by atoms with van der Waals surface area (Å²) in [6.07, 6.45) is 12.2. The zero-order chi connectivity index (χ0) is 10.1. The summed E-state index contributed by atoms with van der Waals surface area (Å²) in [5.41, 5.74) is 0.314. The van der Waals surface area contributed by atoms with Gasteiger partial charge in [0.15, 0.2) is 0 Å². The van der Waals surface area contributed by atoms with E-state index < -0.39 is 0 Å². The van der Waals surface area contributed by atoms with E-state index in [1.807, 2.05) is 0 Å². The fraction of sp³-hybridized carbons (Fsp3) is 1.00. The third-order valence-electron chi connectivity index (χ3n) is 4.58. The third kappa shape index (κ3) is 2.07. The molecule has 0 radical (unpaired) electrons. The van der Waals surface area contributed by atoms with E-state index in [0.717, 1.165) is 18.7 Å². The summed E-state index contributed by atoms with van der Waals surface area (Å²) in [4.78, 5) is 0. The summed E-state index contributed by atoms with van der Waals surface area (Å²) in [5.74, 6) is 0. The van der Waals surface area contributed by atoms with Crippen molar-refractivity contribution in [3.05, 3.63) is 0 Å². The van der Waals surface area contributed by atoms with Gasteiger partial charge in [-0.3, -0.25) is 0 Å². The van der Waals surface area contributed by atoms with Crippen molar-refractivity contribution < 1.29 is 4.74 Å². The molecule has 0 aromatic rings. The molecule has 1 saturated heterocycles. The number of rotatable bonds is 2. The van der Waals surface area contributed by atoms with Gasteiger partial charge in [-0.2, -0.15) is 0 Å². The maximum absolute atomic E-state index is 5.96. The van der Waals surface area contributed by atoms with Crippen molar-refractivity contribution in [3.63, 3.8) is 0 Å². The Labute approximate surface area is 92.8 Å². The highest BCUT2D eigenvalue weighted by atomic mass is 16.5. The largest absolute Gasteiger partial charge is 0.375 e. The molecule has 3 aliphatic rings. The summed E-state index contributed by atoms with van der Waals surface area (Å²) >= 11 is 0. The van der Waals surface area contributed by atoms with Crippen LogP contribution in [0.5, 0.6) is 0 Å². The molecule has 0 amide bonds. The molecule has 1 aliphatic heterocycles. The molecule has 2 nitrogen and oxygen atoms in total. The molecule has 2 heteroatoms. The van der Waals surface area contributed by atoms with E-state index in [2.05, 4.69) is 5.32 Å².